The quantitative estimate of drug-likeness (QED) is 0.729. The molecule has 0 unspecified atom stereocenters. The van der Waals surface area contributed by atoms with Crippen molar-refractivity contribution in [3.63, 3.8) is 0 Å². The highest BCUT2D eigenvalue weighted by Gasteiger charge is 2.10. The molecule has 106 valence electrons. The van der Waals surface area contributed by atoms with Crippen molar-refractivity contribution < 1.29 is 13.5 Å². The predicted molar refractivity (Wildman–Crippen MR) is 79.1 cm³/mol. The molecule has 2 N–H and O–H groups in total. The minimum absolute atomic E-state index is 0.144. The van der Waals surface area contributed by atoms with Gasteiger partial charge in [-0.25, -0.2) is 8.78 Å². The van der Waals surface area contributed by atoms with Crippen molar-refractivity contribution in [3.8, 4) is 5.75 Å². The van der Waals surface area contributed by atoms with E-state index in [2.05, 4.69) is 0 Å². The van der Waals surface area contributed by atoms with Gasteiger partial charge in [-0.05, 0) is 16.3 Å². The van der Waals surface area contributed by atoms with E-state index in [9.17, 15) is 8.78 Å². The number of halogens is 2. The molecule has 21 heavy (non-hydrogen) atoms. The van der Waals surface area contributed by atoms with Crippen LogP contribution in [0.4, 0.5) is 14.5 Å². The lowest BCUT2D eigenvalue weighted by Gasteiger charge is -2.10. The highest BCUT2D eigenvalue weighted by molar-refractivity contribution is 5.85. The van der Waals surface area contributed by atoms with Crippen LogP contribution >= 0.6 is 0 Å². The molecule has 3 rings (SSSR count). The van der Waals surface area contributed by atoms with E-state index in [1.165, 1.54) is 0 Å². The number of nitrogens with two attached hydrogens (primary N) is 1. The molecular weight excluding hydrogens is 272 g/mol. The summed E-state index contributed by atoms with van der Waals surface area (Å²) in [6, 6.07) is 15.5. The average Bonchev–Trinajstić information content (AvgIpc) is 2.49. The van der Waals surface area contributed by atoms with Crippen LogP contribution in [0, 0.1) is 11.6 Å². The van der Waals surface area contributed by atoms with Gasteiger partial charge in [0.25, 0.3) is 0 Å². The molecule has 0 atom stereocenters. The van der Waals surface area contributed by atoms with Crippen LogP contribution in [0.1, 0.15) is 5.56 Å². The third kappa shape index (κ3) is 2.65. The Hall–Kier alpha value is -2.62. The molecule has 0 heterocycles. The largest absolute Gasteiger partial charge is 0.486 e. The standard InChI is InChI=1S/C17H13F2NO/c18-14-9-17(15(19)8-16(14)20)21-10-12-6-3-5-11-4-1-2-7-13(11)12/h1-9H,10,20H2. The van der Waals surface area contributed by atoms with Crippen LogP contribution in [0.2, 0.25) is 0 Å². The Balaban J connectivity index is 1.89. The summed E-state index contributed by atoms with van der Waals surface area (Å²) >= 11 is 0. The number of benzene rings is 3. The normalized spacial score (nSPS) is 10.8. The zero-order valence-electron chi connectivity index (χ0n) is 11.1. The van der Waals surface area contributed by atoms with E-state index >= 15 is 0 Å². The molecule has 0 aliphatic heterocycles. The summed E-state index contributed by atoms with van der Waals surface area (Å²) in [6.45, 7) is 0.154. The molecule has 0 aliphatic carbocycles. The molecule has 4 heteroatoms. The van der Waals surface area contributed by atoms with Gasteiger partial charge in [-0.2, -0.15) is 0 Å². The van der Waals surface area contributed by atoms with Crippen LogP contribution in [0.3, 0.4) is 0 Å². The van der Waals surface area contributed by atoms with Crippen LogP contribution < -0.4 is 10.5 Å². The van der Waals surface area contributed by atoms with Crippen LogP contribution in [0.5, 0.6) is 5.75 Å². The predicted octanol–water partition coefficient (Wildman–Crippen LogP) is 4.28. The molecule has 3 aromatic rings. The molecule has 0 saturated carbocycles. The van der Waals surface area contributed by atoms with Gasteiger partial charge in [0, 0.05) is 12.1 Å². The number of anilines is 1. The minimum atomic E-state index is -0.690. The van der Waals surface area contributed by atoms with Crippen molar-refractivity contribution in [3.05, 3.63) is 71.8 Å². The number of nitrogen functional groups attached to an aromatic ring is 1. The Morgan fingerprint density at radius 1 is 0.905 bits per heavy atom. The molecule has 0 radical (unpaired) electrons. The van der Waals surface area contributed by atoms with Gasteiger partial charge in [-0.15, -0.1) is 0 Å². The summed E-state index contributed by atoms with van der Waals surface area (Å²) in [5.74, 6) is -1.51. The van der Waals surface area contributed by atoms with Crippen LogP contribution in [-0.2, 0) is 6.61 Å². The highest BCUT2D eigenvalue weighted by Crippen LogP contribution is 2.25. The van der Waals surface area contributed by atoms with E-state index in [-0.39, 0.29) is 18.0 Å². The second-order valence-corrected chi connectivity index (χ2v) is 4.73. The maximum atomic E-state index is 13.7. The number of hydrogen-bond donors (Lipinski definition) is 1. The van der Waals surface area contributed by atoms with Crippen molar-refractivity contribution in [2.75, 3.05) is 5.73 Å². The summed E-state index contributed by atoms with van der Waals surface area (Å²) in [5.41, 5.74) is 5.98. The van der Waals surface area contributed by atoms with E-state index in [0.29, 0.717) is 0 Å². The van der Waals surface area contributed by atoms with Gasteiger partial charge < -0.3 is 10.5 Å². The van der Waals surface area contributed by atoms with Gasteiger partial charge >= 0.3 is 0 Å². The third-order valence-corrected chi connectivity index (χ3v) is 3.31. The zero-order valence-corrected chi connectivity index (χ0v) is 11.1. The molecule has 3 aromatic carbocycles. The first-order chi connectivity index (χ1) is 10.1. The first-order valence-electron chi connectivity index (χ1n) is 6.49. The maximum Gasteiger partial charge on any atom is 0.167 e. The smallest absolute Gasteiger partial charge is 0.167 e. The zero-order chi connectivity index (χ0) is 14.8. The topological polar surface area (TPSA) is 35.2 Å². The Bertz CT molecular complexity index is 797. The third-order valence-electron chi connectivity index (χ3n) is 3.31. The molecule has 0 fully saturated rings. The van der Waals surface area contributed by atoms with E-state index < -0.39 is 11.6 Å². The average molecular weight is 285 g/mol. The second-order valence-electron chi connectivity index (χ2n) is 4.73. The highest BCUT2D eigenvalue weighted by atomic mass is 19.1. The minimum Gasteiger partial charge on any atom is -0.486 e. The van der Waals surface area contributed by atoms with E-state index in [1.807, 2.05) is 42.5 Å². The Morgan fingerprint density at radius 2 is 1.67 bits per heavy atom. The summed E-state index contributed by atoms with van der Waals surface area (Å²) in [4.78, 5) is 0. The first-order valence-corrected chi connectivity index (χ1v) is 6.49. The summed E-state index contributed by atoms with van der Waals surface area (Å²) in [5, 5.41) is 2.10. The summed E-state index contributed by atoms with van der Waals surface area (Å²) in [7, 11) is 0. The van der Waals surface area contributed by atoms with Crippen LogP contribution in [-0.4, -0.2) is 0 Å². The van der Waals surface area contributed by atoms with Gasteiger partial charge in [0.15, 0.2) is 11.6 Å². The van der Waals surface area contributed by atoms with Crippen molar-refractivity contribution in [2.24, 2.45) is 0 Å². The molecule has 0 aromatic heterocycles. The maximum absolute atomic E-state index is 13.7. The molecule has 0 amide bonds. The van der Waals surface area contributed by atoms with Gasteiger partial charge in [0.2, 0.25) is 0 Å². The lowest BCUT2D eigenvalue weighted by atomic mass is 10.1. The second kappa shape index (κ2) is 5.40. The fourth-order valence-corrected chi connectivity index (χ4v) is 2.23. The van der Waals surface area contributed by atoms with Gasteiger partial charge in [-0.1, -0.05) is 42.5 Å². The van der Waals surface area contributed by atoms with Crippen LogP contribution in [0.25, 0.3) is 10.8 Å². The Labute approximate surface area is 120 Å². The summed E-state index contributed by atoms with van der Waals surface area (Å²) < 4.78 is 32.4. The van der Waals surface area contributed by atoms with Gasteiger partial charge in [-0.3, -0.25) is 0 Å². The fraction of sp³-hybridized carbons (Fsp3) is 0.0588. The number of ether oxygens (including phenoxy) is 1. The van der Waals surface area contributed by atoms with E-state index in [4.69, 9.17) is 10.5 Å². The molecule has 0 saturated heterocycles. The molecule has 0 spiro atoms. The SMILES string of the molecule is Nc1cc(F)c(OCc2cccc3ccccc23)cc1F. The number of hydrogen-bond acceptors (Lipinski definition) is 2. The molecular formula is C17H13F2NO. The van der Waals surface area contributed by atoms with Crippen molar-refractivity contribution in [1.82, 2.24) is 0 Å². The van der Waals surface area contributed by atoms with Gasteiger partial charge in [0.05, 0.1) is 5.69 Å². The Morgan fingerprint density at radius 3 is 2.52 bits per heavy atom. The molecule has 0 aliphatic rings. The molecule has 2 nitrogen and oxygen atoms in total. The monoisotopic (exact) mass is 285 g/mol. The van der Waals surface area contributed by atoms with Gasteiger partial charge in [0.1, 0.15) is 12.4 Å². The van der Waals surface area contributed by atoms with E-state index in [0.717, 1.165) is 28.5 Å². The first kappa shape index (κ1) is 13.4. The van der Waals surface area contributed by atoms with Crippen molar-refractivity contribution in [1.29, 1.82) is 0 Å². The fourth-order valence-electron chi connectivity index (χ4n) is 2.23. The number of fused-ring (bicyclic) bond motifs is 1. The number of rotatable bonds is 3. The van der Waals surface area contributed by atoms with Crippen LogP contribution in [0.15, 0.2) is 54.6 Å². The van der Waals surface area contributed by atoms with Crippen molar-refractivity contribution >= 4 is 16.5 Å². The van der Waals surface area contributed by atoms with Crippen molar-refractivity contribution in [2.45, 2.75) is 6.61 Å². The molecule has 0 bridgehead atoms. The lowest BCUT2D eigenvalue weighted by Crippen LogP contribution is -2.00. The summed E-state index contributed by atoms with van der Waals surface area (Å²) in [6.07, 6.45) is 0. The lowest BCUT2D eigenvalue weighted by molar-refractivity contribution is 0.290. The van der Waals surface area contributed by atoms with E-state index in [1.54, 1.807) is 0 Å². The Kier molecular flexibility index (Phi) is 3.44.